The Hall–Kier alpha value is -1.19. The smallest absolute Gasteiger partial charge is 0.485 e. The van der Waals surface area contributed by atoms with Gasteiger partial charge in [0.25, 0.3) is 0 Å². The maximum absolute atomic E-state index is 10.7. The summed E-state index contributed by atoms with van der Waals surface area (Å²) in [6, 6.07) is 8.87. The van der Waals surface area contributed by atoms with Gasteiger partial charge in [-0.1, -0.05) is 37.8 Å². The summed E-state index contributed by atoms with van der Waals surface area (Å²) >= 11 is 0. The van der Waals surface area contributed by atoms with E-state index in [0.29, 0.717) is 0 Å². The molecule has 4 nitrogen and oxygen atoms in total. The fourth-order valence-electron chi connectivity index (χ4n) is 2.63. The van der Waals surface area contributed by atoms with Gasteiger partial charge in [-0.2, -0.15) is 13.2 Å². The third-order valence-corrected chi connectivity index (χ3v) is 5.93. The molecule has 0 fully saturated rings. The maximum Gasteiger partial charge on any atom is 0.485 e. The van der Waals surface area contributed by atoms with Crippen LogP contribution in [0.5, 0.6) is 0 Å². The van der Waals surface area contributed by atoms with E-state index in [0.717, 1.165) is 0 Å². The molecule has 1 heterocycles. The van der Waals surface area contributed by atoms with Crippen molar-refractivity contribution < 1.29 is 30.7 Å². The number of nitrogens with zero attached hydrogens (tertiary/aromatic N) is 1. The molecule has 0 amide bonds. The summed E-state index contributed by atoms with van der Waals surface area (Å²) in [5, 5.41) is 0. The molecule has 0 aliphatic carbocycles. The molecular formula is C16H24F3NO3SSi. The van der Waals surface area contributed by atoms with Crippen LogP contribution in [0.15, 0.2) is 24.3 Å². The van der Waals surface area contributed by atoms with Crippen LogP contribution in [0.25, 0.3) is 0 Å². The van der Waals surface area contributed by atoms with Gasteiger partial charge in [0.15, 0.2) is 15.8 Å². The van der Waals surface area contributed by atoms with Crippen molar-refractivity contribution >= 4 is 29.6 Å². The Kier molecular flexibility index (Phi) is 5.98. The maximum atomic E-state index is 10.7. The molecule has 25 heavy (non-hydrogen) atoms. The molecule has 9 heteroatoms. The second-order valence-electron chi connectivity index (χ2n) is 7.77. The van der Waals surface area contributed by atoms with Crippen molar-refractivity contribution in [3.63, 3.8) is 0 Å². The standard InChI is InChI=1S/C15H24NSi.CHF3O3S/c1-12-15(2,3)13-9-7-8-10-14(13)16(12)11-17(4,5)6;2-1(3,4)8(5,6)7/h7-10H,11H2,1-6H3;(H,5,6,7)/q+1;/p-1. The largest absolute Gasteiger partial charge is 0.741 e. The van der Waals surface area contributed by atoms with E-state index in [4.69, 9.17) is 13.0 Å². The summed E-state index contributed by atoms with van der Waals surface area (Å²) in [6.45, 7) is 14.3. The molecule has 0 saturated carbocycles. The lowest BCUT2D eigenvalue weighted by molar-refractivity contribution is -0.420. The van der Waals surface area contributed by atoms with Gasteiger partial charge in [0.2, 0.25) is 5.69 Å². The predicted molar refractivity (Wildman–Crippen MR) is 94.0 cm³/mol. The first kappa shape index (κ1) is 21.8. The van der Waals surface area contributed by atoms with Crippen molar-refractivity contribution in [2.75, 3.05) is 6.17 Å². The normalized spacial score (nSPS) is 17.0. The average Bonchev–Trinajstić information content (AvgIpc) is 2.58. The van der Waals surface area contributed by atoms with Crippen LogP contribution in [0, 0.1) is 0 Å². The summed E-state index contributed by atoms with van der Waals surface area (Å²) in [5.74, 6) is 0. The van der Waals surface area contributed by atoms with Crippen molar-refractivity contribution in [1.82, 2.24) is 0 Å². The topological polar surface area (TPSA) is 60.2 Å². The van der Waals surface area contributed by atoms with Gasteiger partial charge in [-0.05, 0) is 13.8 Å². The molecule has 1 aliphatic heterocycles. The van der Waals surface area contributed by atoms with E-state index >= 15 is 0 Å². The number of hydrogen-bond donors (Lipinski definition) is 0. The van der Waals surface area contributed by atoms with Crippen LogP contribution >= 0.6 is 0 Å². The Morgan fingerprint density at radius 1 is 1.16 bits per heavy atom. The number of alkyl halides is 3. The van der Waals surface area contributed by atoms with Crippen LogP contribution in [-0.2, 0) is 15.5 Å². The quantitative estimate of drug-likeness (QED) is 0.329. The molecule has 0 aromatic heterocycles. The molecule has 0 spiro atoms. The van der Waals surface area contributed by atoms with Crippen molar-refractivity contribution in [3.8, 4) is 0 Å². The van der Waals surface area contributed by atoms with Crippen LogP contribution in [-0.4, -0.2) is 43.0 Å². The van der Waals surface area contributed by atoms with E-state index in [1.165, 1.54) is 23.1 Å². The van der Waals surface area contributed by atoms with Gasteiger partial charge < -0.3 is 4.55 Å². The SMILES string of the molecule is CC1=[N+](C[Si](C)(C)C)c2ccccc2C1(C)C.O=S(=O)([O-])C(F)(F)F. The molecule has 0 radical (unpaired) electrons. The molecular weight excluding hydrogens is 371 g/mol. The number of para-hydroxylation sites is 1. The summed E-state index contributed by atoms with van der Waals surface area (Å²) in [4.78, 5) is 0. The fraction of sp³-hybridized carbons (Fsp3) is 0.562. The average molecular weight is 396 g/mol. The molecule has 0 N–H and O–H groups in total. The van der Waals surface area contributed by atoms with Crippen LogP contribution in [0.1, 0.15) is 26.3 Å². The molecule has 0 unspecified atom stereocenters. The van der Waals surface area contributed by atoms with E-state index in [-0.39, 0.29) is 5.41 Å². The number of halogens is 3. The van der Waals surface area contributed by atoms with Gasteiger partial charge in [-0.25, -0.2) is 13.0 Å². The Bertz CT molecular complexity index is 779. The number of hydrogen-bond acceptors (Lipinski definition) is 3. The summed E-state index contributed by atoms with van der Waals surface area (Å²) in [5.41, 5.74) is -1.04. The Morgan fingerprint density at radius 2 is 1.60 bits per heavy atom. The zero-order chi connectivity index (χ0) is 19.8. The third-order valence-electron chi connectivity index (χ3n) is 4.09. The highest BCUT2D eigenvalue weighted by Crippen LogP contribution is 2.39. The first-order chi connectivity index (χ1) is 11.0. The van der Waals surface area contributed by atoms with E-state index in [1.807, 2.05) is 0 Å². The van der Waals surface area contributed by atoms with Gasteiger partial charge in [0.1, 0.15) is 14.2 Å². The highest BCUT2D eigenvalue weighted by Gasteiger charge is 2.43. The fourth-order valence-corrected chi connectivity index (χ4v) is 3.98. The molecule has 142 valence electrons. The molecule has 1 aromatic carbocycles. The lowest BCUT2D eigenvalue weighted by Crippen LogP contribution is -2.36. The van der Waals surface area contributed by atoms with Crippen LogP contribution in [0.2, 0.25) is 19.6 Å². The summed E-state index contributed by atoms with van der Waals surface area (Å²) in [7, 11) is -7.18. The van der Waals surface area contributed by atoms with Gasteiger partial charge in [-0.3, -0.25) is 0 Å². The van der Waals surface area contributed by atoms with Gasteiger partial charge in [-0.15, -0.1) is 0 Å². The van der Waals surface area contributed by atoms with Crippen LogP contribution in [0.3, 0.4) is 0 Å². The van der Waals surface area contributed by atoms with Crippen molar-refractivity contribution in [2.24, 2.45) is 0 Å². The lowest BCUT2D eigenvalue weighted by atomic mass is 9.82. The van der Waals surface area contributed by atoms with Gasteiger partial charge in [0, 0.05) is 18.6 Å². The first-order valence-corrected chi connectivity index (χ1v) is 12.8. The number of benzene rings is 1. The number of fused-ring (bicyclic) bond motifs is 1. The van der Waals surface area contributed by atoms with E-state index in [2.05, 4.69) is 69.3 Å². The van der Waals surface area contributed by atoms with Crippen LogP contribution in [0.4, 0.5) is 18.9 Å². The minimum absolute atomic E-state index is 0.191. The highest BCUT2D eigenvalue weighted by atomic mass is 32.2. The van der Waals surface area contributed by atoms with Crippen LogP contribution < -0.4 is 0 Å². The molecule has 1 aliphatic rings. The Morgan fingerprint density at radius 3 is 2.00 bits per heavy atom. The molecule has 2 rings (SSSR count). The van der Waals surface area contributed by atoms with E-state index in [9.17, 15) is 13.2 Å². The van der Waals surface area contributed by atoms with Crippen molar-refractivity contribution in [1.29, 1.82) is 0 Å². The second-order valence-corrected chi connectivity index (χ2v) is 14.6. The molecule has 0 saturated heterocycles. The van der Waals surface area contributed by atoms with Crippen molar-refractivity contribution in [2.45, 2.75) is 51.3 Å². The summed E-state index contributed by atoms with van der Waals surface area (Å²) < 4.78 is 61.5. The third kappa shape index (κ3) is 5.15. The highest BCUT2D eigenvalue weighted by molar-refractivity contribution is 7.86. The van der Waals surface area contributed by atoms with E-state index in [1.54, 1.807) is 0 Å². The molecule has 0 atom stereocenters. The van der Waals surface area contributed by atoms with E-state index < -0.39 is 23.7 Å². The zero-order valence-corrected chi connectivity index (χ0v) is 17.0. The minimum atomic E-state index is -6.09. The lowest BCUT2D eigenvalue weighted by Gasteiger charge is -2.15. The summed E-state index contributed by atoms with van der Waals surface area (Å²) in [6.07, 6.45) is 1.22. The second kappa shape index (κ2) is 6.84. The van der Waals surface area contributed by atoms with Gasteiger partial charge >= 0.3 is 5.51 Å². The zero-order valence-electron chi connectivity index (χ0n) is 15.2. The Labute approximate surface area is 148 Å². The first-order valence-electron chi connectivity index (χ1n) is 7.72. The molecule has 0 bridgehead atoms. The monoisotopic (exact) mass is 395 g/mol. The number of rotatable bonds is 2. The predicted octanol–water partition coefficient (Wildman–Crippen LogP) is 4.01. The minimum Gasteiger partial charge on any atom is -0.741 e. The molecule has 1 aromatic rings. The Balaban J connectivity index is 0.000000333. The van der Waals surface area contributed by atoms with Gasteiger partial charge in [0.05, 0.1) is 5.41 Å². The van der Waals surface area contributed by atoms with Crippen molar-refractivity contribution in [3.05, 3.63) is 29.8 Å².